The minimum Gasteiger partial charge on any atom is -0.349 e. The maximum atomic E-state index is 12.9. The van der Waals surface area contributed by atoms with Crippen LogP contribution in [0.3, 0.4) is 0 Å². The molecule has 0 radical (unpaired) electrons. The Morgan fingerprint density at radius 3 is 2.10 bits per heavy atom. The summed E-state index contributed by atoms with van der Waals surface area (Å²) in [5.41, 5.74) is -2.85. The highest BCUT2D eigenvalue weighted by Crippen LogP contribution is 2.33. The van der Waals surface area contributed by atoms with E-state index in [0.29, 0.717) is 24.3 Å². The highest BCUT2D eigenvalue weighted by atomic mass is 32.2. The van der Waals surface area contributed by atoms with E-state index >= 15 is 0 Å². The van der Waals surface area contributed by atoms with Crippen molar-refractivity contribution in [3.05, 3.63) is 59.4 Å². The van der Waals surface area contributed by atoms with Gasteiger partial charge in [-0.15, -0.1) is 0 Å². The lowest BCUT2D eigenvalue weighted by atomic mass is 10.2. The number of nitrogens with one attached hydrogen (secondary N) is 1. The van der Waals surface area contributed by atoms with Gasteiger partial charge in [-0.1, -0.05) is 6.07 Å². The van der Waals surface area contributed by atoms with E-state index in [-0.39, 0.29) is 0 Å². The Balaban J connectivity index is 2.23. The van der Waals surface area contributed by atoms with Crippen LogP contribution in [0.4, 0.5) is 26.3 Å². The molecule has 2 aromatic rings. The second-order valence-electron chi connectivity index (χ2n) is 6.90. The fourth-order valence-electron chi connectivity index (χ4n) is 2.37. The van der Waals surface area contributed by atoms with Gasteiger partial charge in [0.2, 0.25) is 0 Å². The molecule has 2 rings (SSSR count). The summed E-state index contributed by atoms with van der Waals surface area (Å²) in [6, 6.07) is 4.29. The number of rotatable bonds is 5. The number of hydrogen-bond acceptors (Lipinski definition) is 4. The van der Waals surface area contributed by atoms with Crippen LogP contribution in [0.2, 0.25) is 0 Å². The normalized spacial score (nSPS) is 13.2. The average molecular weight is 454 g/mol. The van der Waals surface area contributed by atoms with Crippen molar-refractivity contribution < 1.29 is 39.6 Å². The topological polar surface area (TPSA) is 76.1 Å². The van der Waals surface area contributed by atoms with Crippen LogP contribution in [-0.4, -0.2) is 30.6 Å². The number of amides is 1. The number of alkyl halides is 6. The maximum Gasteiger partial charge on any atom is 0.416 e. The zero-order valence-electron chi connectivity index (χ0n) is 15.6. The van der Waals surface area contributed by atoms with Crippen molar-refractivity contribution in [2.45, 2.75) is 35.8 Å². The maximum absolute atomic E-state index is 12.9. The van der Waals surface area contributed by atoms with Crippen molar-refractivity contribution in [3.8, 4) is 0 Å². The van der Waals surface area contributed by atoms with E-state index in [9.17, 15) is 39.6 Å². The van der Waals surface area contributed by atoms with Crippen molar-refractivity contribution >= 4 is 15.7 Å². The first-order valence-electron chi connectivity index (χ1n) is 8.29. The smallest absolute Gasteiger partial charge is 0.349 e. The van der Waals surface area contributed by atoms with Gasteiger partial charge in [0, 0.05) is 12.7 Å². The number of carbonyl (C=O) groups excluding carboxylic acids is 1. The average Bonchev–Trinajstić information content (AvgIpc) is 2.65. The summed E-state index contributed by atoms with van der Waals surface area (Å²) in [6.07, 6.45) is -8.68. The van der Waals surface area contributed by atoms with E-state index in [1.165, 1.54) is 13.8 Å². The Morgan fingerprint density at radius 1 is 0.967 bits per heavy atom. The Labute approximate surface area is 168 Å². The molecule has 5 nitrogen and oxygen atoms in total. The molecule has 1 aromatic heterocycles. The number of pyridine rings is 1. The van der Waals surface area contributed by atoms with Gasteiger partial charge in [0.25, 0.3) is 5.91 Å². The van der Waals surface area contributed by atoms with Crippen LogP contribution < -0.4 is 5.32 Å². The standard InChI is InChI=1S/C18H16F6N2O3S/c1-16(2,30(28,29)13-5-3-4-11(8-13)17(19,20)21)10-26-15(27)14-9-12(6-7-25-14)18(22,23)24/h3-9H,10H2,1-2H3,(H,26,27). The van der Waals surface area contributed by atoms with Gasteiger partial charge < -0.3 is 5.32 Å². The van der Waals surface area contributed by atoms with Gasteiger partial charge in [0.15, 0.2) is 9.84 Å². The second-order valence-corrected chi connectivity index (χ2v) is 9.48. The van der Waals surface area contributed by atoms with E-state index in [1.54, 1.807) is 0 Å². The molecule has 0 aliphatic rings. The van der Waals surface area contributed by atoms with Gasteiger partial charge in [-0.2, -0.15) is 26.3 Å². The van der Waals surface area contributed by atoms with E-state index < -0.39 is 61.1 Å². The largest absolute Gasteiger partial charge is 0.416 e. The van der Waals surface area contributed by atoms with Crippen LogP contribution in [0.15, 0.2) is 47.5 Å². The van der Waals surface area contributed by atoms with Gasteiger partial charge in [-0.25, -0.2) is 8.42 Å². The molecule has 1 N–H and O–H groups in total. The highest BCUT2D eigenvalue weighted by Gasteiger charge is 2.38. The molecule has 12 heteroatoms. The van der Waals surface area contributed by atoms with Gasteiger partial charge in [0.05, 0.1) is 20.8 Å². The molecule has 1 amide bonds. The van der Waals surface area contributed by atoms with E-state index in [2.05, 4.69) is 10.3 Å². The Hall–Kier alpha value is -2.63. The Morgan fingerprint density at radius 2 is 1.53 bits per heavy atom. The number of halogens is 6. The van der Waals surface area contributed by atoms with Crippen LogP contribution in [0.1, 0.15) is 35.5 Å². The summed E-state index contributed by atoms with van der Waals surface area (Å²) in [5.74, 6) is -1.06. The zero-order valence-corrected chi connectivity index (χ0v) is 16.4. The van der Waals surface area contributed by atoms with E-state index in [1.807, 2.05) is 0 Å². The third-order valence-electron chi connectivity index (χ3n) is 4.19. The lowest BCUT2D eigenvalue weighted by Crippen LogP contribution is -2.44. The van der Waals surface area contributed by atoms with Crippen LogP contribution >= 0.6 is 0 Å². The Bertz CT molecular complexity index is 1050. The van der Waals surface area contributed by atoms with Crippen molar-refractivity contribution in [3.63, 3.8) is 0 Å². The van der Waals surface area contributed by atoms with Crippen LogP contribution in [0, 0.1) is 0 Å². The lowest BCUT2D eigenvalue weighted by molar-refractivity contribution is -0.138. The number of nitrogens with zero attached hydrogens (tertiary/aromatic N) is 1. The van der Waals surface area contributed by atoms with Crippen LogP contribution in [0.5, 0.6) is 0 Å². The second kappa shape index (κ2) is 7.89. The highest BCUT2D eigenvalue weighted by molar-refractivity contribution is 7.92. The molecule has 0 saturated carbocycles. The predicted molar refractivity (Wildman–Crippen MR) is 94.3 cm³/mol. The first-order chi connectivity index (χ1) is 13.6. The SMILES string of the molecule is CC(C)(CNC(=O)c1cc(C(F)(F)F)ccn1)S(=O)(=O)c1cccc(C(F)(F)F)c1. The molecule has 0 aliphatic carbocycles. The molecule has 1 heterocycles. The van der Waals surface area contributed by atoms with E-state index in [4.69, 9.17) is 0 Å². The summed E-state index contributed by atoms with van der Waals surface area (Å²) < 4.78 is 101. The number of aromatic nitrogens is 1. The number of carbonyl (C=O) groups is 1. The van der Waals surface area contributed by atoms with Crippen molar-refractivity contribution in [1.82, 2.24) is 10.3 Å². The quantitative estimate of drug-likeness (QED) is 0.691. The minimum atomic E-state index is -4.75. The fraction of sp³-hybridized carbons (Fsp3) is 0.333. The summed E-state index contributed by atoms with van der Waals surface area (Å²) in [6.45, 7) is 1.76. The van der Waals surface area contributed by atoms with Gasteiger partial charge in [-0.3, -0.25) is 9.78 Å². The van der Waals surface area contributed by atoms with Crippen molar-refractivity contribution in [2.75, 3.05) is 6.54 Å². The molecule has 0 unspecified atom stereocenters. The van der Waals surface area contributed by atoms with Gasteiger partial charge in [-0.05, 0) is 44.2 Å². The minimum absolute atomic E-state index is 0.479. The molecule has 0 fully saturated rings. The molecular formula is C18H16F6N2O3S. The molecule has 164 valence electrons. The number of benzene rings is 1. The van der Waals surface area contributed by atoms with Crippen molar-refractivity contribution in [1.29, 1.82) is 0 Å². The molecule has 0 atom stereocenters. The van der Waals surface area contributed by atoms with Gasteiger partial charge in [0.1, 0.15) is 5.69 Å². The number of sulfone groups is 1. The summed E-state index contributed by atoms with van der Waals surface area (Å²) in [5, 5.41) is 2.17. The summed E-state index contributed by atoms with van der Waals surface area (Å²) >= 11 is 0. The first kappa shape index (κ1) is 23.6. The zero-order chi connectivity index (χ0) is 23.0. The number of hydrogen-bond donors (Lipinski definition) is 1. The lowest BCUT2D eigenvalue weighted by Gasteiger charge is -2.25. The third-order valence-corrected chi connectivity index (χ3v) is 6.67. The molecular weight excluding hydrogens is 438 g/mol. The monoisotopic (exact) mass is 454 g/mol. The molecule has 0 bridgehead atoms. The predicted octanol–water partition coefficient (Wildman–Crippen LogP) is 4.10. The molecule has 30 heavy (non-hydrogen) atoms. The summed E-state index contributed by atoms with van der Waals surface area (Å²) in [7, 11) is -4.35. The van der Waals surface area contributed by atoms with Crippen molar-refractivity contribution in [2.24, 2.45) is 0 Å². The first-order valence-corrected chi connectivity index (χ1v) is 9.77. The summed E-state index contributed by atoms with van der Waals surface area (Å²) in [4.78, 5) is 15.1. The van der Waals surface area contributed by atoms with Gasteiger partial charge >= 0.3 is 12.4 Å². The molecule has 0 aliphatic heterocycles. The van der Waals surface area contributed by atoms with Crippen LogP contribution in [-0.2, 0) is 22.2 Å². The molecule has 0 saturated heterocycles. The third kappa shape index (κ3) is 5.10. The van der Waals surface area contributed by atoms with E-state index in [0.717, 1.165) is 18.3 Å². The fourth-order valence-corrected chi connectivity index (χ4v) is 3.81. The van der Waals surface area contributed by atoms with Crippen LogP contribution in [0.25, 0.3) is 0 Å². The Kier molecular flexibility index (Phi) is 6.22. The molecule has 0 spiro atoms. The molecule has 1 aromatic carbocycles.